The fourth-order valence-electron chi connectivity index (χ4n) is 12.9. The van der Waals surface area contributed by atoms with Gasteiger partial charge in [0.05, 0.1) is 73.1 Å². The molecule has 0 radical (unpaired) electrons. The summed E-state index contributed by atoms with van der Waals surface area (Å²) >= 11 is 0. The van der Waals surface area contributed by atoms with Crippen LogP contribution in [0.1, 0.15) is 85.8 Å². The molecule has 0 N–H and O–H groups in total. The van der Waals surface area contributed by atoms with E-state index in [1.165, 1.54) is 0 Å². The van der Waals surface area contributed by atoms with Crippen LogP contribution in [-0.2, 0) is 63.5 Å². The van der Waals surface area contributed by atoms with Gasteiger partial charge in [-0.2, -0.15) is 0 Å². The highest BCUT2D eigenvalue weighted by Crippen LogP contribution is 2.49. The van der Waals surface area contributed by atoms with E-state index < -0.39 is 41.3 Å². The smallest absolute Gasteiger partial charge is 0.306 e. The lowest BCUT2D eigenvalue weighted by Gasteiger charge is -2.38. The van der Waals surface area contributed by atoms with Gasteiger partial charge in [-0.1, -0.05) is 111 Å². The number of anilines is 2. The number of methoxy groups -OCH3 is 2. The summed E-state index contributed by atoms with van der Waals surface area (Å²) in [7, 11) is 3.28. The third-order valence-electron chi connectivity index (χ3n) is 18.3. The van der Waals surface area contributed by atoms with Crippen LogP contribution in [0.5, 0.6) is 34.5 Å². The van der Waals surface area contributed by atoms with Gasteiger partial charge in [-0.3, -0.25) is 19.2 Å². The van der Waals surface area contributed by atoms with Crippen molar-refractivity contribution >= 4 is 68.8 Å². The molecule has 4 aliphatic heterocycles. The van der Waals surface area contributed by atoms with Crippen LogP contribution in [0.4, 0.5) is 11.4 Å². The summed E-state index contributed by atoms with van der Waals surface area (Å²) in [5, 5.41) is 4.53. The molecule has 4 aliphatic rings. The molecule has 19 heteroatoms. The highest BCUT2D eigenvalue weighted by atomic mass is 16.7. The van der Waals surface area contributed by atoms with Crippen molar-refractivity contribution in [2.75, 3.05) is 116 Å². The standard InChI is InChI=1S/C80H84N2O17/c1-5-60(96-77(85)32-23-59(83)51-92-54-95-65-30-21-58(22-31-65)80(56-17-26-63(88-4)27-18-56)38-36-71-67-12-8-10-14-69(67)73(50-75(71)99-80)82-41-45-90-46-42-82)52-91-53-61(6-2)97-78(86)34-33-76(84)94-48-47-93-64-28-19-57(20-29-64)79(55-15-24-62(87-3)25-16-55)37-35-70-66-11-7-9-13-68(66)72(49-74(70)98-79)81-39-43-89-44-40-81/h7-22,24-31,35-38,49-50,60-61H,5-6,23,32-34,39-48,51-54H2,1-4H3. The second kappa shape index (κ2) is 32.6. The van der Waals surface area contributed by atoms with Gasteiger partial charge >= 0.3 is 17.9 Å². The molecule has 12 rings (SSSR count). The maximum Gasteiger partial charge on any atom is 0.306 e. The van der Waals surface area contributed by atoms with Crippen molar-refractivity contribution in [3.05, 3.63) is 203 Å². The summed E-state index contributed by atoms with van der Waals surface area (Å²) < 4.78 is 76.8. The molecule has 0 aromatic heterocycles. The van der Waals surface area contributed by atoms with E-state index in [9.17, 15) is 19.2 Å². The molecule has 0 bridgehead atoms. The number of hydrogen-bond donors (Lipinski definition) is 0. The summed E-state index contributed by atoms with van der Waals surface area (Å²) in [6.07, 6.45) is 7.60. The van der Waals surface area contributed by atoms with Crippen molar-refractivity contribution in [1.82, 2.24) is 0 Å². The second-order valence-corrected chi connectivity index (χ2v) is 24.5. The quantitative estimate of drug-likeness (QED) is 0.0172. The van der Waals surface area contributed by atoms with Crippen LogP contribution >= 0.6 is 0 Å². The van der Waals surface area contributed by atoms with Gasteiger partial charge < -0.3 is 71.4 Å². The van der Waals surface area contributed by atoms with Gasteiger partial charge in [0.15, 0.2) is 23.8 Å². The number of morpholine rings is 2. The molecule has 8 aromatic carbocycles. The number of carbonyl (C=O) groups is 4. The zero-order chi connectivity index (χ0) is 68.6. The Balaban J connectivity index is 0.545. The van der Waals surface area contributed by atoms with Gasteiger partial charge in [-0.15, -0.1) is 0 Å². The summed E-state index contributed by atoms with van der Waals surface area (Å²) in [5.41, 5.74) is 5.80. The van der Waals surface area contributed by atoms with E-state index in [0.717, 1.165) is 115 Å². The molecule has 4 atom stereocenters. The molecule has 2 fully saturated rings. The number of carbonyl (C=O) groups excluding carboxylic acids is 4. The molecule has 8 aromatic rings. The van der Waals surface area contributed by atoms with Crippen LogP contribution in [-0.4, -0.2) is 143 Å². The van der Waals surface area contributed by atoms with E-state index in [4.69, 9.17) is 61.6 Å². The molecule has 4 unspecified atom stereocenters. The maximum atomic E-state index is 12.9. The van der Waals surface area contributed by atoms with Crippen molar-refractivity contribution in [3.8, 4) is 34.5 Å². The molecule has 99 heavy (non-hydrogen) atoms. The molecule has 0 aliphatic carbocycles. The van der Waals surface area contributed by atoms with Crippen LogP contribution in [0, 0.1) is 0 Å². The minimum Gasteiger partial charge on any atom is -0.497 e. The number of hydrogen-bond acceptors (Lipinski definition) is 19. The first-order valence-corrected chi connectivity index (χ1v) is 34.0. The molecule has 19 nitrogen and oxygen atoms in total. The fourth-order valence-corrected chi connectivity index (χ4v) is 12.9. The van der Waals surface area contributed by atoms with Crippen molar-refractivity contribution < 1.29 is 80.8 Å². The monoisotopic (exact) mass is 1340 g/mol. The summed E-state index contributed by atoms with van der Waals surface area (Å²) in [6.45, 7) is 9.17. The van der Waals surface area contributed by atoms with Crippen LogP contribution in [0.2, 0.25) is 0 Å². The van der Waals surface area contributed by atoms with E-state index >= 15 is 0 Å². The number of esters is 3. The highest BCUT2D eigenvalue weighted by Gasteiger charge is 2.40. The summed E-state index contributed by atoms with van der Waals surface area (Å²) in [6, 6.07) is 52.1. The molecule has 4 heterocycles. The predicted molar refractivity (Wildman–Crippen MR) is 376 cm³/mol. The Bertz CT molecular complexity index is 3880. The van der Waals surface area contributed by atoms with Crippen molar-refractivity contribution in [1.29, 1.82) is 0 Å². The molecular weight excluding hydrogens is 1260 g/mol. The molecule has 0 saturated carbocycles. The van der Waals surface area contributed by atoms with Gasteiger partial charge in [-0.05, 0) is 96.4 Å². The number of rotatable bonds is 31. The first-order chi connectivity index (χ1) is 48.5. The number of benzene rings is 8. The van der Waals surface area contributed by atoms with E-state index in [-0.39, 0.29) is 71.3 Å². The number of fused-ring (bicyclic) bond motifs is 6. The Hall–Kier alpha value is -9.92. The predicted octanol–water partition coefficient (Wildman–Crippen LogP) is 13.1. The maximum absolute atomic E-state index is 12.9. The minimum absolute atomic E-state index is 0.0308. The van der Waals surface area contributed by atoms with Gasteiger partial charge in [0.25, 0.3) is 0 Å². The van der Waals surface area contributed by atoms with Crippen LogP contribution in [0.15, 0.2) is 170 Å². The lowest BCUT2D eigenvalue weighted by molar-refractivity contribution is -0.159. The van der Waals surface area contributed by atoms with Crippen LogP contribution in [0.25, 0.3) is 33.7 Å². The number of ether oxygens (including phenoxy) is 13. The normalized spacial score (nSPS) is 17.7. The van der Waals surface area contributed by atoms with Crippen LogP contribution in [0.3, 0.4) is 0 Å². The zero-order valence-corrected chi connectivity index (χ0v) is 56.5. The third kappa shape index (κ3) is 16.3. The molecular formula is C80H84N2O17. The van der Waals surface area contributed by atoms with Gasteiger partial charge in [0, 0.05) is 100 Å². The van der Waals surface area contributed by atoms with E-state index in [0.29, 0.717) is 50.8 Å². The highest BCUT2D eigenvalue weighted by molar-refractivity contribution is 6.03. The van der Waals surface area contributed by atoms with Crippen LogP contribution < -0.4 is 38.2 Å². The Morgan fingerprint density at radius 1 is 0.465 bits per heavy atom. The van der Waals surface area contributed by atoms with E-state index in [1.807, 2.05) is 111 Å². The molecule has 0 spiro atoms. The summed E-state index contributed by atoms with van der Waals surface area (Å²) in [4.78, 5) is 56.0. The minimum atomic E-state index is -0.994. The topological polar surface area (TPSA) is 195 Å². The van der Waals surface area contributed by atoms with Crippen molar-refractivity contribution in [3.63, 3.8) is 0 Å². The Labute approximate surface area is 576 Å². The number of ketones is 1. The van der Waals surface area contributed by atoms with Gasteiger partial charge in [-0.25, -0.2) is 0 Å². The lowest BCUT2D eigenvalue weighted by atomic mass is 9.83. The van der Waals surface area contributed by atoms with Crippen molar-refractivity contribution in [2.24, 2.45) is 0 Å². The summed E-state index contributed by atoms with van der Waals surface area (Å²) in [5.74, 6) is 2.09. The Morgan fingerprint density at radius 3 is 1.30 bits per heavy atom. The first-order valence-electron chi connectivity index (χ1n) is 34.0. The number of Topliss-reactive ketones (excluding diaryl/α,β-unsaturated/α-hetero) is 1. The van der Waals surface area contributed by atoms with Crippen molar-refractivity contribution in [2.45, 2.75) is 75.8 Å². The Kier molecular flexibility index (Phi) is 22.7. The van der Waals surface area contributed by atoms with E-state index in [1.54, 1.807) is 14.2 Å². The fraction of sp³-hybridized carbons (Fsp3) is 0.350. The lowest BCUT2D eigenvalue weighted by Crippen LogP contribution is -2.37. The second-order valence-electron chi connectivity index (χ2n) is 24.5. The van der Waals surface area contributed by atoms with Gasteiger partial charge in [0.1, 0.15) is 66.5 Å². The molecule has 0 amide bonds. The van der Waals surface area contributed by atoms with E-state index in [2.05, 4.69) is 94.8 Å². The Morgan fingerprint density at radius 2 is 0.869 bits per heavy atom. The SMILES string of the molecule is CCC(COCC(CC)OC(=O)CCC(=O)OCCOc1ccc(C2(c3ccc(OC)cc3)C=Cc3c(cc(N4CCOCC4)c4ccccc34)O2)cc1)OC(=O)CCC(=O)COCOc1ccc(C2(c3ccc(OC)cc3)C=Cc3c(cc(N4CCOCC4)c4ccccc34)O2)cc1. The average Bonchev–Trinajstić information content (AvgIpc) is 0.740. The largest absolute Gasteiger partial charge is 0.497 e. The molecule has 2 saturated heterocycles. The third-order valence-corrected chi connectivity index (χ3v) is 18.3. The average molecular weight is 1350 g/mol. The first kappa shape index (κ1) is 69.0. The number of nitrogens with zero attached hydrogens (tertiary/aromatic N) is 2. The molecule has 516 valence electrons. The zero-order valence-electron chi connectivity index (χ0n) is 56.5. The van der Waals surface area contributed by atoms with Gasteiger partial charge in [0.2, 0.25) is 0 Å².